The van der Waals surface area contributed by atoms with E-state index in [1.807, 2.05) is 35.9 Å². The van der Waals surface area contributed by atoms with Crippen LogP contribution in [0.1, 0.15) is 41.9 Å². The molecule has 192 valence electrons. The van der Waals surface area contributed by atoms with E-state index in [4.69, 9.17) is 4.74 Å². The summed E-state index contributed by atoms with van der Waals surface area (Å²) in [6.07, 6.45) is 3.96. The average molecular weight is 523 g/mol. The summed E-state index contributed by atoms with van der Waals surface area (Å²) in [5.74, 6) is 0.186. The molecule has 1 N–H and O–H groups in total. The Morgan fingerprint density at radius 3 is 2.65 bits per heavy atom. The van der Waals surface area contributed by atoms with Gasteiger partial charge in [-0.2, -0.15) is 5.10 Å². The van der Waals surface area contributed by atoms with Crippen LogP contribution in [-0.4, -0.2) is 55.2 Å². The van der Waals surface area contributed by atoms with Crippen molar-refractivity contribution < 1.29 is 17.9 Å². The van der Waals surface area contributed by atoms with Gasteiger partial charge >= 0.3 is 0 Å². The Morgan fingerprint density at radius 1 is 1.19 bits per heavy atom. The number of ether oxygens (including phenoxy) is 1. The number of sulfone groups is 1. The summed E-state index contributed by atoms with van der Waals surface area (Å²) < 4.78 is 33.8. The Labute approximate surface area is 212 Å². The fourth-order valence-corrected chi connectivity index (χ4v) is 7.13. The summed E-state index contributed by atoms with van der Waals surface area (Å²) in [6.45, 7) is 0.111. The molecule has 2 aliphatic carbocycles. The standard InChI is InChI=1S/C25H26N6O5S/c1-30-19-6-4-3-5-18(19)28-20(30)13-26-22(32)17-11-15-12-27-29-23(21(15)31(2)24(17)33)36-14-25(9-10-25)37(34,35)16-7-8-16/h3-6,11-12,16H,7-10,13-14H2,1-2H3,(H,26,32). The van der Waals surface area contributed by atoms with Crippen LogP contribution in [0.3, 0.4) is 0 Å². The molecule has 11 nitrogen and oxygen atoms in total. The highest BCUT2D eigenvalue weighted by Crippen LogP contribution is 2.50. The highest BCUT2D eigenvalue weighted by atomic mass is 32.2. The lowest BCUT2D eigenvalue weighted by Crippen LogP contribution is -2.34. The smallest absolute Gasteiger partial charge is 0.263 e. The van der Waals surface area contributed by atoms with Gasteiger partial charge in [-0.1, -0.05) is 12.1 Å². The minimum absolute atomic E-state index is 0.0337. The molecule has 0 aliphatic heterocycles. The second kappa shape index (κ2) is 8.37. The van der Waals surface area contributed by atoms with E-state index in [1.165, 1.54) is 23.9 Å². The topological polar surface area (TPSA) is 138 Å². The third-order valence-corrected chi connectivity index (χ3v) is 10.5. The van der Waals surface area contributed by atoms with Crippen LogP contribution in [0.2, 0.25) is 0 Å². The molecule has 1 aromatic carbocycles. The van der Waals surface area contributed by atoms with Crippen LogP contribution in [0, 0.1) is 0 Å². The van der Waals surface area contributed by atoms with Crippen molar-refractivity contribution in [2.75, 3.05) is 6.61 Å². The summed E-state index contributed by atoms with van der Waals surface area (Å²) in [7, 11) is 0.135. The first-order valence-corrected chi connectivity index (χ1v) is 13.7. The maximum absolute atomic E-state index is 13.1. The summed E-state index contributed by atoms with van der Waals surface area (Å²) in [5, 5.41) is 11.0. The van der Waals surface area contributed by atoms with Crippen LogP contribution < -0.4 is 15.6 Å². The minimum atomic E-state index is -3.26. The van der Waals surface area contributed by atoms with Crippen molar-refractivity contribution in [3.8, 4) is 5.88 Å². The first-order valence-electron chi connectivity index (χ1n) is 12.1. The number of nitrogens with zero attached hydrogens (tertiary/aromatic N) is 5. The Morgan fingerprint density at radius 2 is 1.95 bits per heavy atom. The Bertz CT molecular complexity index is 1730. The van der Waals surface area contributed by atoms with E-state index in [2.05, 4.69) is 20.5 Å². The molecule has 2 saturated carbocycles. The number of hydrogen-bond acceptors (Lipinski definition) is 8. The number of para-hydroxylation sites is 2. The van der Waals surface area contributed by atoms with Crippen molar-refractivity contribution >= 4 is 37.7 Å². The number of pyridine rings is 1. The van der Waals surface area contributed by atoms with Gasteiger partial charge < -0.3 is 19.2 Å². The monoisotopic (exact) mass is 522 g/mol. The number of hydrogen-bond donors (Lipinski definition) is 1. The third kappa shape index (κ3) is 3.86. The van der Waals surface area contributed by atoms with E-state index in [-0.39, 0.29) is 29.8 Å². The molecular formula is C25H26N6O5S. The number of fused-ring (bicyclic) bond motifs is 2. The molecule has 0 atom stereocenters. The molecule has 37 heavy (non-hydrogen) atoms. The predicted molar refractivity (Wildman–Crippen MR) is 136 cm³/mol. The van der Waals surface area contributed by atoms with Crippen LogP contribution in [0.25, 0.3) is 21.9 Å². The number of nitrogens with one attached hydrogen (secondary N) is 1. The summed E-state index contributed by atoms with van der Waals surface area (Å²) in [5.41, 5.74) is 1.53. The van der Waals surface area contributed by atoms with Gasteiger partial charge in [-0.25, -0.2) is 13.4 Å². The average Bonchev–Trinajstić information content (AvgIpc) is 3.81. The zero-order chi connectivity index (χ0) is 25.9. The molecule has 3 aromatic heterocycles. The van der Waals surface area contributed by atoms with Crippen molar-refractivity contribution in [2.24, 2.45) is 14.1 Å². The molecule has 0 saturated heterocycles. The molecule has 0 unspecified atom stereocenters. The number of aromatic nitrogens is 5. The summed E-state index contributed by atoms with van der Waals surface area (Å²) in [6, 6.07) is 9.11. The number of rotatable bonds is 8. The highest BCUT2D eigenvalue weighted by Gasteiger charge is 2.60. The van der Waals surface area contributed by atoms with Crippen LogP contribution >= 0.6 is 0 Å². The van der Waals surface area contributed by atoms with E-state index >= 15 is 0 Å². The molecule has 12 heteroatoms. The highest BCUT2D eigenvalue weighted by molar-refractivity contribution is 7.94. The quantitative estimate of drug-likeness (QED) is 0.369. The summed E-state index contributed by atoms with van der Waals surface area (Å²) >= 11 is 0. The van der Waals surface area contributed by atoms with Gasteiger partial charge in [0.2, 0.25) is 0 Å². The lowest BCUT2D eigenvalue weighted by molar-refractivity contribution is 0.0947. The first kappa shape index (κ1) is 23.6. The van der Waals surface area contributed by atoms with Gasteiger partial charge in [-0.05, 0) is 43.9 Å². The lowest BCUT2D eigenvalue weighted by atomic mass is 10.2. The molecule has 4 aromatic rings. The lowest BCUT2D eigenvalue weighted by Gasteiger charge is -2.17. The second-order valence-electron chi connectivity index (χ2n) is 9.85. The van der Waals surface area contributed by atoms with Crippen LogP contribution in [0.15, 0.2) is 41.3 Å². The second-order valence-corrected chi connectivity index (χ2v) is 12.5. The van der Waals surface area contributed by atoms with Gasteiger partial charge in [-0.15, -0.1) is 5.10 Å². The van der Waals surface area contributed by atoms with Crippen molar-refractivity contribution in [3.63, 3.8) is 0 Å². The van der Waals surface area contributed by atoms with Gasteiger partial charge in [0.15, 0.2) is 9.84 Å². The number of carbonyl (C=O) groups is 1. The van der Waals surface area contributed by atoms with E-state index in [0.29, 0.717) is 42.4 Å². The first-order chi connectivity index (χ1) is 17.7. The maximum atomic E-state index is 13.1. The number of benzene rings is 1. The number of carbonyl (C=O) groups excluding carboxylic acids is 1. The minimum Gasteiger partial charge on any atom is -0.473 e. The van der Waals surface area contributed by atoms with Gasteiger partial charge in [0.05, 0.1) is 29.0 Å². The van der Waals surface area contributed by atoms with Crippen molar-refractivity contribution in [1.29, 1.82) is 0 Å². The molecule has 6 rings (SSSR count). The Kier molecular flexibility index (Phi) is 5.34. The van der Waals surface area contributed by atoms with Crippen LogP contribution in [-0.2, 0) is 30.5 Å². The predicted octanol–water partition coefficient (Wildman–Crippen LogP) is 1.63. The van der Waals surface area contributed by atoms with E-state index in [0.717, 1.165) is 11.0 Å². The Balaban J connectivity index is 1.25. The van der Waals surface area contributed by atoms with Gasteiger partial charge in [-0.3, -0.25) is 9.59 Å². The fourth-order valence-electron chi connectivity index (χ4n) is 4.77. The van der Waals surface area contributed by atoms with Gasteiger partial charge in [0, 0.05) is 19.5 Å². The molecule has 2 aliphatic rings. The number of amides is 1. The number of aryl methyl sites for hydroxylation is 2. The molecule has 3 heterocycles. The molecule has 0 bridgehead atoms. The largest absolute Gasteiger partial charge is 0.473 e. The molecule has 1 amide bonds. The van der Waals surface area contributed by atoms with Crippen LogP contribution in [0.4, 0.5) is 0 Å². The van der Waals surface area contributed by atoms with Crippen molar-refractivity contribution in [2.45, 2.75) is 42.2 Å². The molecule has 0 radical (unpaired) electrons. The van der Waals surface area contributed by atoms with E-state index in [1.54, 1.807) is 0 Å². The SMILES string of the molecule is Cn1c(CNC(=O)c2cc3cnnc(OCC4(S(=O)(=O)C5CC5)CC4)c3n(C)c2=O)nc2ccccc21. The third-order valence-electron chi connectivity index (χ3n) is 7.37. The van der Waals surface area contributed by atoms with Crippen molar-refractivity contribution in [1.82, 2.24) is 29.6 Å². The van der Waals surface area contributed by atoms with E-state index in [9.17, 15) is 18.0 Å². The van der Waals surface area contributed by atoms with Gasteiger partial charge in [0.25, 0.3) is 17.3 Å². The normalized spacial score (nSPS) is 16.7. The molecule has 2 fully saturated rings. The van der Waals surface area contributed by atoms with E-state index < -0.39 is 26.1 Å². The molecule has 0 spiro atoms. The summed E-state index contributed by atoms with van der Waals surface area (Å²) in [4.78, 5) is 30.7. The maximum Gasteiger partial charge on any atom is 0.263 e. The number of imidazole rings is 1. The zero-order valence-electron chi connectivity index (χ0n) is 20.5. The van der Waals surface area contributed by atoms with Crippen molar-refractivity contribution in [3.05, 3.63) is 58.3 Å². The Hall–Kier alpha value is -3.80. The molecular weight excluding hydrogens is 496 g/mol. The zero-order valence-corrected chi connectivity index (χ0v) is 21.3. The fraction of sp³-hybridized carbons (Fsp3) is 0.400. The van der Waals surface area contributed by atoms with Gasteiger partial charge in [0.1, 0.15) is 28.3 Å². The van der Waals surface area contributed by atoms with Crippen LogP contribution in [0.5, 0.6) is 5.88 Å².